The van der Waals surface area contributed by atoms with Gasteiger partial charge in [-0.25, -0.2) is 0 Å². The van der Waals surface area contributed by atoms with E-state index in [1.54, 1.807) is 0 Å². The van der Waals surface area contributed by atoms with E-state index in [1.807, 2.05) is 12.1 Å². The molecule has 1 aliphatic carbocycles. The quantitative estimate of drug-likeness (QED) is 0.879. The molecule has 3 nitrogen and oxygen atoms in total. The highest BCUT2D eigenvalue weighted by Gasteiger charge is 2.43. The summed E-state index contributed by atoms with van der Waals surface area (Å²) in [5.41, 5.74) is 0.876. The molecule has 1 aliphatic heterocycles. The molecule has 2 aliphatic rings. The number of nitrogens with one attached hydrogen (secondary N) is 2. The van der Waals surface area contributed by atoms with Gasteiger partial charge in [0.1, 0.15) is 0 Å². The van der Waals surface area contributed by atoms with Crippen molar-refractivity contribution < 1.29 is 4.79 Å². The first-order valence-corrected chi connectivity index (χ1v) is 8.78. The van der Waals surface area contributed by atoms with E-state index in [0.29, 0.717) is 6.04 Å². The lowest BCUT2D eigenvalue weighted by Crippen LogP contribution is -2.50. The molecule has 0 atom stereocenters. The molecule has 1 heterocycles. The van der Waals surface area contributed by atoms with Gasteiger partial charge < -0.3 is 10.6 Å². The van der Waals surface area contributed by atoms with Gasteiger partial charge in [-0.15, -0.1) is 0 Å². The van der Waals surface area contributed by atoms with Gasteiger partial charge in [0, 0.05) is 10.5 Å². The standard InChI is InChI=1S/C17H23BrN2O/c18-14-5-3-13(4-6-14)17(9-1-2-10-17)16(21)20-15-7-11-19-12-8-15/h3-6,15,19H,1-2,7-12H2,(H,20,21). The molecule has 1 amide bonds. The fourth-order valence-electron chi connectivity index (χ4n) is 3.68. The number of rotatable bonds is 3. The first-order valence-electron chi connectivity index (χ1n) is 7.98. The summed E-state index contributed by atoms with van der Waals surface area (Å²) in [5.74, 6) is 0.245. The summed E-state index contributed by atoms with van der Waals surface area (Å²) >= 11 is 3.48. The van der Waals surface area contributed by atoms with Crippen LogP contribution in [0.4, 0.5) is 0 Å². The molecular weight excluding hydrogens is 328 g/mol. The van der Waals surface area contributed by atoms with Gasteiger partial charge in [0.05, 0.1) is 5.41 Å². The first-order chi connectivity index (χ1) is 10.2. The van der Waals surface area contributed by atoms with Crippen LogP contribution in [0.3, 0.4) is 0 Å². The number of benzene rings is 1. The number of hydrogen-bond donors (Lipinski definition) is 2. The van der Waals surface area contributed by atoms with Crippen molar-refractivity contribution in [2.45, 2.75) is 50.0 Å². The van der Waals surface area contributed by atoms with E-state index in [0.717, 1.165) is 56.1 Å². The Hall–Kier alpha value is -0.870. The van der Waals surface area contributed by atoms with E-state index in [1.165, 1.54) is 5.56 Å². The Labute approximate surface area is 135 Å². The highest BCUT2D eigenvalue weighted by Crippen LogP contribution is 2.41. The molecule has 0 aromatic heterocycles. The minimum atomic E-state index is -0.300. The van der Waals surface area contributed by atoms with E-state index in [-0.39, 0.29) is 11.3 Å². The van der Waals surface area contributed by atoms with Crippen molar-refractivity contribution in [2.24, 2.45) is 0 Å². The molecule has 2 N–H and O–H groups in total. The zero-order chi connectivity index (χ0) is 14.7. The summed E-state index contributed by atoms with van der Waals surface area (Å²) in [4.78, 5) is 13.0. The van der Waals surface area contributed by atoms with Gasteiger partial charge in [0.25, 0.3) is 0 Å². The van der Waals surface area contributed by atoms with Crippen LogP contribution in [0.25, 0.3) is 0 Å². The van der Waals surface area contributed by atoms with Gasteiger partial charge in [0.2, 0.25) is 5.91 Å². The third-order valence-electron chi connectivity index (χ3n) is 4.96. The molecule has 2 fully saturated rings. The van der Waals surface area contributed by atoms with Crippen LogP contribution in [0.5, 0.6) is 0 Å². The number of halogens is 1. The zero-order valence-corrected chi connectivity index (χ0v) is 13.9. The third kappa shape index (κ3) is 3.16. The van der Waals surface area contributed by atoms with E-state index < -0.39 is 0 Å². The summed E-state index contributed by atoms with van der Waals surface area (Å²) in [6, 6.07) is 8.65. The Kier molecular flexibility index (Phi) is 4.65. The SMILES string of the molecule is O=C(NC1CCNCC1)C1(c2ccc(Br)cc2)CCCC1. The maximum absolute atomic E-state index is 13.0. The summed E-state index contributed by atoms with van der Waals surface area (Å²) in [5, 5.41) is 6.67. The predicted octanol–water partition coefficient (Wildman–Crippen LogP) is 3.13. The molecule has 114 valence electrons. The van der Waals surface area contributed by atoms with E-state index >= 15 is 0 Å². The van der Waals surface area contributed by atoms with Crippen LogP contribution in [0.15, 0.2) is 28.7 Å². The highest BCUT2D eigenvalue weighted by molar-refractivity contribution is 9.10. The summed E-state index contributed by atoms with van der Waals surface area (Å²) in [6.07, 6.45) is 6.34. The second-order valence-corrected chi connectivity index (χ2v) is 7.21. The zero-order valence-electron chi connectivity index (χ0n) is 12.3. The molecule has 1 saturated heterocycles. The summed E-state index contributed by atoms with van der Waals surface area (Å²) < 4.78 is 1.07. The smallest absolute Gasteiger partial charge is 0.230 e. The van der Waals surface area contributed by atoms with Crippen molar-refractivity contribution in [2.75, 3.05) is 13.1 Å². The van der Waals surface area contributed by atoms with Crippen LogP contribution in [0, 0.1) is 0 Å². The molecular formula is C17H23BrN2O. The molecule has 0 radical (unpaired) electrons. The molecule has 3 rings (SSSR count). The summed E-state index contributed by atoms with van der Waals surface area (Å²) in [6.45, 7) is 2.02. The van der Waals surface area contributed by atoms with Gasteiger partial charge in [-0.3, -0.25) is 4.79 Å². The van der Waals surface area contributed by atoms with Crippen molar-refractivity contribution >= 4 is 21.8 Å². The predicted molar refractivity (Wildman–Crippen MR) is 88.3 cm³/mol. The maximum Gasteiger partial charge on any atom is 0.230 e. The summed E-state index contributed by atoms with van der Waals surface area (Å²) in [7, 11) is 0. The lowest BCUT2D eigenvalue weighted by atomic mass is 9.77. The maximum atomic E-state index is 13.0. The molecule has 1 aromatic carbocycles. The third-order valence-corrected chi connectivity index (χ3v) is 5.49. The van der Waals surface area contributed by atoms with Gasteiger partial charge in [0.15, 0.2) is 0 Å². The average Bonchev–Trinajstić information content (AvgIpc) is 3.00. The number of hydrogen-bond acceptors (Lipinski definition) is 2. The molecule has 1 aromatic rings. The number of carbonyl (C=O) groups excluding carboxylic acids is 1. The average molecular weight is 351 g/mol. The topological polar surface area (TPSA) is 41.1 Å². The Balaban J connectivity index is 1.79. The van der Waals surface area contributed by atoms with Crippen molar-refractivity contribution in [3.8, 4) is 0 Å². The lowest BCUT2D eigenvalue weighted by Gasteiger charge is -2.32. The Morgan fingerprint density at radius 1 is 1.14 bits per heavy atom. The van der Waals surface area contributed by atoms with Crippen LogP contribution in [-0.4, -0.2) is 25.0 Å². The Morgan fingerprint density at radius 3 is 2.38 bits per heavy atom. The molecule has 0 spiro atoms. The second-order valence-electron chi connectivity index (χ2n) is 6.29. The monoisotopic (exact) mass is 350 g/mol. The number of piperidine rings is 1. The molecule has 4 heteroatoms. The highest BCUT2D eigenvalue weighted by atomic mass is 79.9. The largest absolute Gasteiger partial charge is 0.353 e. The van der Waals surface area contributed by atoms with Crippen molar-refractivity contribution in [3.05, 3.63) is 34.3 Å². The second kappa shape index (κ2) is 6.49. The lowest BCUT2D eigenvalue weighted by molar-refractivity contribution is -0.127. The fraction of sp³-hybridized carbons (Fsp3) is 0.588. The molecule has 1 saturated carbocycles. The van der Waals surface area contributed by atoms with E-state index in [9.17, 15) is 4.79 Å². The van der Waals surface area contributed by atoms with Crippen molar-refractivity contribution in [3.63, 3.8) is 0 Å². The minimum absolute atomic E-state index is 0.245. The Bertz CT molecular complexity index is 488. The fourth-order valence-corrected chi connectivity index (χ4v) is 3.95. The number of amides is 1. The Morgan fingerprint density at radius 2 is 1.76 bits per heavy atom. The normalized spacial score (nSPS) is 22.1. The van der Waals surface area contributed by atoms with E-state index in [2.05, 4.69) is 38.7 Å². The van der Waals surface area contributed by atoms with Crippen LogP contribution >= 0.6 is 15.9 Å². The van der Waals surface area contributed by atoms with Gasteiger partial charge in [-0.1, -0.05) is 40.9 Å². The number of carbonyl (C=O) groups is 1. The van der Waals surface area contributed by atoms with Crippen LogP contribution in [0.1, 0.15) is 44.1 Å². The minimum Gasteiger partial charge on any atom is -0.353 e. The molecule has 21 heavy (non-hydrogen) atoms. The molecule has 0 bridgehead atoms. The van der Waals surface area contributed by atoms with Gasteiger partial charge >= 0.3 is 0 Å². The van der Waals surface area contributed by atoms with Crippen LogP contribution < -0.4 is 10.6 Å². The van der Waals surface area contributed by atoms with Crippen molar-refractivity contribution in [1.29, 1.82) is 0 Å². The first kappa shape index (κ1) is 15.0. The van der Waals surface area contributed by atoms with Crippen molar-refractivity contribution in [1.82, 2.24) is 10.6 Å². The molecule has 0 unspecified atom stereocenters. The van der Waals surface area contributed by atoms with Crippen LogP contribution in [0.2, 0.25) is 0 Å². The van der Waals surface area contributed by atoms with Gasteiger partial charge in [-0.2, -0.15) is 0 Å². The van der Waals surface area contributed by atoms with Crippen LogP contribution in [-0.2, 0) is 10.2 Å². The van der Waals surface area contributed by atoms with Gasteiger partial charge in [-0.05, 0) is 56.5 Å². The van der Waals surface area contributed by atoms with E-state index in [4.69, 9.17) is 0 Å².